The van der Waals surface area contributed by atoms with E-state index in [2.05, 4.69) is 0 Å². The van der Waals surface area contributed by atoms with E-state index in [1.807, 2.05) is 40.1 Å². The first-order valence-electron chi connectivity index (χ1n) is 7.38. The summed E-state index contributed by atoms with van der Waals surface area (Å²) in [6, 6.07) is 9.95. The number of piperidine rings is 1. The van der Waals surface area contributed by atoms with Crippen LogP contribution in [-0.4, -0.2) is 49.1 Å². The number of carbonyl (C=O) groups excluding carboxylic acids is 2. The van der Waals surface area contributed by atoms with Crippen LogP contribution in [0, 0.1) is 0 Å². The number of nitrogens with zero attached hydrogens (tertiary/aromatic N) is 2. The fraction of sp³-hybridized carbons (Fsp3) is 0.500. The largest absolute Gasteiger partial charge is 0.375 e. The Labute approximate surface area is 124 Å². The normalized spacial score (nSPS) is 25.1. The van der Waals surface area contributed by atoms with Crippen LogP contribution in [0.3, 0.4) is 0 Å². The fourth-order valence-electron chi connectivity index (χ4n) is 3.50. The van der Waals surface area contributed by atoms with E-state index in [-0.39, 0.29) is 30.5 Å². The van der Waals surface area contributed by atoms with E-state index in [4.69, 9.17) is 4.74 Å². The number of likely N-dealkylation sites (tertiary alicyclic amines) is 1. The summed E-state index contributed by atoms with van der Waals surface area (Å²) in [4.78, 5) is 28.2. The van der Waals surface area contributed by atoms with Crippen molar-refractivity contribution in [2.24, 2.45) is 0 Å². The molecule has 2 amide bonds. The van der Waals surface area contributed by atoms with Gasteiger partial charge in [0.25, 0.3) is 0 Å². The van der Waals surface area contributed by atoms with Crippen molar-refractivity contribution in [2.75, 3.05) is 25.2 Å². The van der Waals surface area contributed by atoms with Gasteiger partial charge in [0.15, 0.2) is 0 Å². The Bertz CT molecular complexity index is 532. The van der Waals surface area contributed by atoms with Crippen LogP contribution in [-0.2, 0) is 14.3 Å². The Kier molecular flexibility index (Phi) is 3.92. The Morgan fingerprint density at radius 1 is 1.24 bits per heavy atom. The van der Waals surface area contributed by atoms with E-state index in [9.17, 15) is 9.59 Å². The Hall–Kier alpha value is -1.88. The lowest BCUT2D eigenvalue weighted by atomic mass is 9.95. The molecule has 112 valence electrons. The first-order chi connectivity index (χ1) is 10.2. The third kappa shape index (κ3) is 2.53. The van der Waals surface area contributed by atoms with E-state index < -0.39 is 0 Å². The minimum atomic E-state index is 0.0207. The van der Waals surface area contributed by atoms with Gasteiger partial charge >= 0.3 is 0 Å². The maximum absolute atomic E-state index is 12.3. The summed E-state index contributed by atoms with van der Waals surface area (Å²) in [5.41, 5.74) is 0.929. The number of hydrogen-bond donors (Lipinski definition) is 0. The second-order valence-electron chi connectivity index (χ2n) is 5.58. The van der Waals surface area contributed by atoms with Crippen LogP contribution in [0.25, 0.3) is 0 Å². The van der Waals surface area contributed by atoms with Crippen LogP contribution in [0.1, 0.15) is 19.3 Å². The number of para-hydroxylation sites is 1. The van der Waals surface area contributed by atoms with Crippen molar-refractivity contribution in [3.63, 3.8) is 0 Å². The summed E-state index contributed by atoms with van der Waals surface area (Å²) in [5, 5.41) is 0. The molecule has 5 nitrogen and oxygen atoms in total. The maximum Gasteiger partial charge on any atom is 0.248 e. The van der Waals surface area contributed by atoms with Gasteiger partial charge in [-0.1, -0.05) is 18.2 Å². The van der Waals surface area contributed by atoms with Crippen LogP contribution in [0.2, 0.25) is 0 Å². The molecule has 0 spiro atoms. The quantitative estimate of drug-likeness (QED) is 0.845. The first-order valence-corrected chi connectivity index (χ1v) is 7.38. The summed E-state index contributed by atoms with van der Waals surface area (Å²) < 4.78 is 4.96. The summed E-state index contributed by atoms with van der Waals surface area (Å²) >= 11 is 0. The lowest BCUT2D eigenvalue weighted by Crippen LogP contribution is -2.53. The van der Waals surface area contributed by atoms with E-state index in [1.165, 1.54) is 7.11 Å². The molecule has 2 heterocycles. The molecule has 0 N–H and O–H groups in total. The molecule has 2 aliphatic rings. The van der Waals surface area contributed by atoms with Crippen molar-refractivity contribution in [3.8, 4) is 0 Å². The lowest BCUT2D eigenvalue weighted by Gasteiger charge is -2.39. The number of anilines is 1. The molecule has 5 heteroatoms. The third-order valence-corrected chi connectivity index (χ3v) is 4.39. The van der Waals surface area contributed by atoms with Crippen LogP contribution < -0.4 is 4.90 Å². The van der Waals surface area contributed by atoms with E-state index in [0.29, 0.717) is 13.0 Å². The van der Waals surface area contributed by atoms with Gasteiger partial charge in [0.1, 0.15) is 6.61 Å². The number of carbonyl (C=O) groups is 2. The van der Waals surface area contributed by atoms with Crippen LogP contribution >= 0.6 is 0 Å². The lowest BCUT2D eigenvalue weighted by molar-refractivity contribution is -0.137. The van der Waals surface area contributed by atoms with Crippen LogP contribution in [0.4, 0.5) is 5.69 Å². The smallest absolute Gasteiger partial charge is 0.248 e. The average molecular weight is 288 g/mol. The second-order valence-corrected chi connectivity index (χ2v) is 5.58. The van der Waals surface area contributed by atoms with E-state index in [1.54, 1.807) is 0 Å². The Balaban J connectivity index is 1.84. The fourth-order valence-corrected chi connectivity index (χ4v) is 3.50. The molecular formula is C16H20N2O3. The Morgan fingerprint density at radius 3 is 2.71 bits per heavy atom. The Morgan fingerprint density at radius 2 is 2.00 bits per heavy atom. The van der Waals surface area contributed by atoms with Gasteiger partial charge in [0.05, 0.1) is 12.1 Å². The summed E-state index contributed by atoms with van der Waals surface area (Å²) in [6.07, 6.45) is 2.08. The molecule has 2 atom stereocenters. The van der Waals surface area contributed by atoms with Crippen molar-refractivity contribution < 1.29 is 14.3 Å². The second kappa shape index (κ2) is 5.85. The van der Waals surface area contributed by atoms with Crippen molar-refractivity contribution in [3.05, 3.63) is 30.3 Å². The number of amides is 2. The monoisotopic (exact) mass is 288 g/mol. The SMILES string of the molecule is COCC(=O)N1CC[C@@H]2[C@H]1CCC(=O)N2c1ccccc1. The van der Waals surface area contributed by atoms with E-state index in [0.717, 1.165) is 18.5 Å². The maximum atomic E-state index is 12.3. The zero-order valence-corrected chi connectivity index (χ0v) is 12.2. The van der Waals surface area contributed by atoms with Crippen molar-refractivity contribution in [2.45, 2.75) is 31.3 Å². The first kappa shape index (κ1) is 14.1. The number of rotatable bonds is 3. The highest BCUT2D eigenvalue weighted by Crippen LogP contribution is 2.34. The van der Waals surface area contributed by atoms with Crippen molar-refractivity contribution in [1.29, 1.82) is 0 Å². The van der Waals surface area contributed by atoms with Gasteiger partial charge in [-0.05, 0) is 25.0 Å². The van der Waals surface area contributed by atoms with Gasteiger partial charge in [-0.15, -0.1) is 0 Å². The molecule has 0 aliphatic carbocycles. The molecule has 3 rings (SSSR count). The molecular weight excluding hydrogens is 268 g/mol. The van der Waals surface area contributed by atoms with E-state index >= 15 is 0 Å². The molecule has 2 aliphatic heterocycles. The molecule has 1 aromatic rings. The molecule has 2 saturated heterocycles. The topological polar surface area (TPSA) is 49.9 Å². The molecule has 2 fully saturated rings. The highest BCUT2D eigenvalue weighted by Gasteiger charge is 2.45. The zero-order valence-electron chi connectivity index (χ0n) is 12.2. The number of hydrogen-bond acceptors (Lipinski definition) is 3. The molecule has 0 bridgehead atoms. The standard InChI is InChI=1S/C16H20N2O3/c1-21-11-16(20)17-10-9-14-13(17)7-8-15(19)18(14)12-5-3-2-4-6-12/h2-6,13-14H,7-11H2,1H3/t13-,14-/m1/s1. The van der Waals surface area contributed by atoms with Gasteiger partial charge in [-0.25, -0.2) is 0 Å². The number of benzene rings is 1. The minimum Gasteiger partial charge on any atom is -0.375 e. The third-order valence-electron chi connectivity index (χ3n) is 4.39. The van der Waals surface area contributed by atoms with Crippen molar-refractivity contribution >= 4 is 17.5 Å². The summed E-state index contributed by atoms with van der Waals surface area (Å²) in [5.74, 6) is 0.177. The predicted octanol–water partition coefficient (Wildman–Crippen LogP) is 1.43. The van der Waals surface area contributed by atoms with Crippen molar-refractivity contribution in [1.82, 2.24) is 4.90 Å². The van der Waals surface area contributed by atoms with Crippen LogP contribution in [0.5, 0.6) is 0 Å². The van der Waals surface area contributed by atoms with Gasteiger partial charge in [-0.3, -0.25) is 9.59 Å². The molecule has 0 saturated carbocycles. The van der Waals surface area contributed by atoms with Gasteiger partial charge in [0, 0.05) is 25.8 Å². The highest BCUT2D eigenvalue weighted by molar-refractivity contribution is 5.95. The highest BCUT2D eigenvalue weighted by atomic mass is 16.5. The summed E-state index contributed by atoms with van der Waals surface area (Å²) in [7, 11) is 1.53. The number of methoxy groups -OCH3 is 1. The molecule has 0 radical (unpaired) electrons. The molecule has 0 unspecified atom stereocenters. The molecule has 1 aromatic carbocycles. The van der Waals surface area contributed by atoms with Gasteiger partial charge in [-0.2, -0.15) is 0 Å². The molecule has 21 heavy (non-hydrogen) atoms. The number of ether oxygens (including phenoxy) is 1. The van der Waals surface area contributed by atoms with Gasteiger partial charge < -0.3 is 14.5 Å². The number of fused-ring (bicyclic) bond motifs is 1. The minimum absolute atomic E-state index is 0.0207. The van der Waals surface area contributed by atoms with Crippen LogP contribution in [0.15, 0.2) is 30.3 Å². The zero-order chi connectivity index (χ0) is 14.8. The predicted molar refractivity (Wildman–Crippen MR) is 78.9 cm³/mol. The van der Waals surface area contributed by atoms with Gasteiger partial charge in [0.2, 0.25) is 11.8 Å². The molecule has 0 aromatic heterocycles. The average Bonchev–Trinajstić information content (AvgIpc) is 2.92. The summed E-state index contributed by atoms with van der Waals surface area (Å²) in [6.45, 7) is 0.816.